The second-order valence-electron chi connectivity index (χ2n) is 6.56. The van der Waals surface area contributed by atoms with Crippen molar-refractivity contribution < 1.29 is 24.3 Å². The normalized spacial score (nSPS) is 10.7. The van der Waals surface area contributed by atoms with Crippen LogP contribution in [0.25, 0.3) is 0 Å². The molecule has 0 fully saturated rings. The van der Waals surface area contributed by atoms with Gasteiger partial charge >= 0.3 is 0 Å². The van der Waals surface area contributed by atoms with Crippen LogP contribution in [0.15, 0.2) is 29.6 Å². The molecular formula is C21H31N2O4S+. The summed E-state index contributed by atoms with van der Waals surface area (Å²) in [5, 5.41) is 4.07. The summed E-state index contributed by atoms with van der Waals surface area (Å²) in [5.41, 5.74) is 2.35. The Kier molecular flexibility index (Phi) is 9.27. The smallest absolute Gasteiger partial charge is 0.278 e. The van der Waals surface area contributed by atoms with Gasteiger partial charge in [0.05, 0.1) is 33.9 Å². The highest BCUT2D eigenvalue weighted by Gasteiger charge is 2.17. The van der Waals surface area contributed by atoms with Gasteiger partial charge in [-0.1, -0.05) is 6.07 Å². The van der Waals surface area contributed by atoms with Gasteiger partial charge in [-0.3, -0.25) is 4.79 Å². The number of thiophene rings is 1. The molecule has 0 saturated heterocycles. The van der Waals surface area contributed by atoms with Crippen molar-refractivity contribution in [3.8, 4) is 11.5 Å². The Balaban J connectivity index is 2.04. The van der Waals surface area contributed by atoms with Crippen molar-refractivity contribution in [1.82, 2.24) is 4.90 Å². The molecule has 2 aromatic rings. The summed E-state index contributed by atoms with van der Waals surface area (Å²) < 4.78 is 15.7. The average Bonchev–Trinajstić information content (AvgIpc) is 3.12. The Labute approximate surface area is 171 Å². The van der Waals surface area contributed by atoms with Crippen molar-refractivity contribution >= 4 is 17.2 Å². The lowest BCUT2D eigenvalue weighted by molar-refractivity contribution is -0.646. The molecule has 2 rings (SSSR count). The van der Waals surface area contributed by atoms with Gasteiger partial charge in [0.1, 0.15) is 0 Å². The molecule has 0 aliphatic rings. The Bertz CT molecular complexity index is 748. The predicted octanol–water partition coefficient (Wildman–Crippen LogP) is 1.85. The summed E-state index contributed by atoms with van der Waals surface area (Å²) >= 11 is 1.70. The van der Waals surface area contributed by atoms with Crippen molar-refractivity contribution in [1.29, 1.82) is 0 Å². The molecule has 2 N–H and O–H groups in total. The average molecular weight is 408 g/mol. The Hall–Kier alpha value is -2.09. The monoisotopic (exact) mass is 407 g/mol. The molecule has 0 aliphatic carbocycles. The molecule has 6 nitrogen and oxygen atoms in total. The fourth-order valence-electron chi connectivity index (χ4n) is 2.89. The van der Waals surface area contributed by atoms with E-state index in [1.807, 2.05) is 28.4 Å². The molecule has 0 atom stereocenters. The number of nitrogens with zero attached hydrogens (tertiary/aromatic N) is 1. The molecule has 28 heavy (non-hydrogen) atoms. The minimum atomic E-state index is 0.143. The summed E-state index contributed by atoms with van der Waals surface area (Å²) in [6.45, 7) is 5.25. The minimum absolute atomic E-state index is 0.143. The van der Waals surface area contributed by atoms with E-state index in [4.69, 9.17) is 14.2 Å². The summed E-state index contributed by atoms with van der Waals surface area (Å²) in [5.74, 6) is 1.56. The molecule has 1 aromatic carbocycles. The Morgan fingerprint density at radius 2 is 1.93 bits per heavy atom. The minimum Gasteiger partial charge on any atom is -0.493 e. The largest absolute Gasteiger partial charge is 0.493 e. The van der Waals surface area contributed by atoms with E-state index in [1.54, 1.807) is 32.7 Å². The number of aryl methyl sites for hydroxylation is 1. The Morgan fingerprint density at radius 1 is 1.14 bits per heavy atom. The molecule has 154 valence electrons. The van der Waals surface area contributed by atoms with Gasteiger partial charge in [-0.15, -0.1) is 11.3 Å². The summed E-state index contributed by atoms with van der Waals surface area (Å²) in [6, 6.07) is 8.00. The molecule has 0 unspecified atom stereocenters. The van der Waals surface area contributed by atoms with Crippen molar-refractivity contribution in [3.05, 3.63) is 45.6 Å². The van der Waals surface area contributed by atoms with Gasteiger partial charge in [-0.25, -0.2) is 0 Å². The number of rotatable bonds is 12. The van der Waals surface area contributed by atoms with Gasteiger partial charge in [-0.2, -0.15) is 0 Å². The third-order valence-corrected chi connectivity index (χ3v) is 5.63. The van der Waals surface area contributed by atoms with Gasteiger partial charge in [0, 0.05) is 18.5 Å². The second-order valence-corrected chi connectivity index (χ2v) is 7.56. The molecule has 0 bridgehead atoms. The van der Waals surface area contributed by atoms with E-state index in [0.29, 0.717) is 37.7 Å². The molecular weight excluding hydrogens is 376 g/mol. The van der Waals surface area contributed by atoms with E-state index < -0.39 is 0 Å². The van der Waals surface area contributed by atoms with Crippen LogP contribution in [-0.4, -0.2) is 58.4 Å². The molecule has 0 aliphatic heterocycles. The molecule has 1 amide bonds. The lowest BCUT2D eigenvalue weighted by atomic mass is 10.1. The van der Waals surface area contributed by atoms with Crippen LogP contribution in [0, 0.1) is 6.92 Å². The first-order valence-electron chi connectivity index (χ1n) is 9.41. The number of nitrogens with two attached hydrogens (primary N) is 1. The van der Waals surface area contributed by atoms with Crippen molar-refractivity contribution in [2.24, 2.45) is 0 Å². The Morgan fingerprint density at radius 3 is 2.57 bits per heavy atom. The zero-order chi connectivity index (χ0) is 20.4. The van der Waals surface area contributed by atoms with E-state index in [0.717, 1.165) is 18.5 Å². The molecule has 7 heteroatoms. The number of hydrogen-bond acceptors (Lipinski definition) is 5. The number of ether oxygens (including phenoxy) is 3. The highest BCUT2D eigenvalue weighted by atomic mass is 32.1. The molecule has 0 spiro atoms. The number of quaternary nitrogens is 1. The highest BCUT2D eigenvalue weighted by molar-refractivity contribution is 7.10. The number of amides is 1. The van der Waals surface area contributed by atoms with E-state index in [9.17, 15) is 4.79 Å². The number of methoxy groups -OCH3 is 3. The van der Waals surface area contributed by atoms with Gasteiger partial charge in [-0.05, 0) is 48.1 Å². The summed E-state index contributed by atoms with van der Waals surface area (Å²) in [4.78, 5) is 16.0. The first kappa shape index (κ1) is 22.2. The summed E-state index contributed by atoms with van der Waals surface area (Å²) in [6.07, 6.45) is 0.759. The summed E-state index contributed by atoms with van der Waals surface area (Å²) in [7, 11) is 4.93. The van der Waals surface area contributed by atoms with Crippen molar-refractivity contribution in [3.63, 3.8) is 0 Å². The van der Waals surface area contributed by atoms with Crippen LogP contribution in [0.1, 0.15) is 16.0 Å². The van der Waals surface area contributed by atoms with Crippen LogP contribution in [0.5, 0.6) is 11.5 Å². The zero-order valence-corrected chi connectivity index (χ0v) is 18.0. The standard InChI is InChI=1S/C21H30N2O4S/c1-16-8-12-28-20(16)15-23(21(24)14-22-9-11-25-2)10-7-17-5-6-18(26-3)19(13-17)27-4/h5-6,8,12-13,22H,7,9-11,14-15H2,1-4H3/p+1. The molecule has 0 radical (unpaired) electrons. The van der Waals surface area contributed by atoms with Crippen LogP contribution in [-0.2, 0) is 22.5 Å². The number of carbonyl (C=O) groups is 1. The van der Waals surface area contributed by atoms with E-state index in [-0.39, 0.29) is 5.91 Å². The number of benzene rings is 1. The first-order valence-corrected chi connectivity index (χ1v) is 10.3. The van der Waals surface area contributed by atoms with Crippen LogP contribution < -0.4 is 14.8 Å². The van der Waals surface area contributed by atoms with E-state index in [1.165, 1.54) is 10.4 Å². The molecule has 0 saturated carbocycles. The molecule has 1 heterocycles. The van der Waals surface area contributed by atoms with Crippen LogP contribution in [0.2, 0.25) is 0 Å². The third-order valence-electron chi connectivity index (χ3n) is 4.62. The fourth-order valence-corrected chi connectivity index (χ4v) is 3.81. The fraction of sp³-hybridized carbons (Fsp3) is 0.476. The maximum absolute atomic E-state index is 12.8. The van der Waals surface area contributed by atoms with Gasteiger partial charge in [0.25, 0.3) is 5.91 Å². The lowest BCUT2D eigenvalue weighted by Crippen LogP contribution is -2.87. The number of carbonyl (C=O) groups excluding carboxylic acids is 1. The van der Waals surface area contributed by atoms with Crippen molar-refractivity contribution in [2.45, 2.75) is 19.9 Å². The van der Waals surface area contributed by atoms with Gasteiger partial charge in [0.15, 0.2) is 18.0 Å². The van der Waals surface area contributed by atoms with Crippen molar-refractivity contribution in [2.75, 3.05) is 47.6 Å². The van der Waals surface area contributed by atoms with E-state index in [2.05, 4.69) is 18.4 Å². The lowest BCUT2D eigenvalue weighted by Gasteiger charge is -2.22. The highest BCUT2D eigenvalue weighted by Crippen LogP contribution is 2.28. The SMILES string of the molecule is COCC[NH2+]CC(=O)N(CCc1ccc(OC)c(OC)c1)Cc1sccc1C. The maximum atomic E-state index is 12.8. The van der Waals surface area contributed by atoms with E-state index >= 15 is 0 Å². The third kappa shape index (κ3) is 6.51. The topological polar surface area (TPSA) is 64.6 Å². The van der Waals surface area contributed by atoms with Crippen LogP contribution in [0.3, 0.4) is 0 Å². The molecule has 1 aromatic heterocycles. The maximum Gasteiger partial charge on any atom is 0.278 e. The quantitative estimate of drug-likeness (QED) is 0.546. The predicted molar refractivity (Wildman–Crippen MR) is 111 cm³/mol. The first-order chi connectivity index (χ1) is 13.6. The van der Waals surface area contributed by atoms with Crippen LogP contribution in [0.4, 0.5) is 0 Å². The van der Waals surface area contributed by atoms with Gasteiger partial charge in [0.2, 0.25) is 0 Å². The number of hydrogen-bond donors (Lipinski definition) is 1. The van der Waals surface area contributed by atoms with Gasteiger partial charge < -0.3 is 24.4 Å². The second kappa shape index (κ2) is 11.7. The van der Waals surface area contributed by atoms with Crippen LogP contribution >= 0.6 is 11.3 Å². The zero-order valence-electron chi connectivity index (χ0n) is 17.2.